The van der Waals surface area contributed by atoms with E-state index < -0.39 is 0 Å². The fourth-order valence-corrected chi connectivity index (χ4v) is 1.29. The highest BCUT2D eigenvalue weighted by Gasteiger charge is 2.18. The van der Waals surface area contributed by atoms with Crippen LogP contribution in [0.25, 0.3) is 0 Å². The maximum Gasteiger partial charge on any atom is 0.324 e. The van der Waals surface area contributed by atoms with Gasteiger partial charge in [0.05, 0.1) is 13.2 Å². The lowest BCUT2D eigenvalue weighted by atomic mass is 10.3. The van der Waals surface area contributed by atoms with Crippen LogP contribution in [0, 0.1) is 0 Å². The zero-order valence-electron chi connectivity index (χ0n) is 8.70. The molecule has 1 saturated heterocycles. The van der Waals surface area contributed by atoms with Crippen LogP contribution < -0.4 is 11.1 Å². The highest BCUT2D eigenvalue weighted by molar-refractivity contribution is 5.94. The van der Waals surface area contributed by atoms with Crippen molar-refractivity contribution in [3.8, 4) is 0 Å². The predicted molar refractivity (Wildman–Crippen MR) is 54.2 cm³/mol. The maximum absolute atomic E-state index is 11.5. The van der Waals surface area contributed by atoms with Crippen LogP contribution in [-0.4, -0.2) is 49.7 Å². The smallest absolute Gasteiger partial charge is 0.324 e. The Bertz CT molecular complexity index is 227. The van der Waals surface area contributed by atoms with Crippen molar-refractivity contribution in [2.24, 2.45) is 5.73 Å². The highest BCUT2D eigenvalue weighted by atomic mass is 16.5. The summed E-state index contributed by atoms with van der Waals surface area (Å²) in [5.74, 6) is -0.267. The van der Waals surface area contributed by atoms with Crippen molar-refractivity contribution >= 4 is 11.9 Å². The number of hydrogen-bond donors (Lipinski definition) is 2. The molecule has 0 aromatic carbocycles. The van der Waals surface area contributed by atoms with Crippen molar-refractivity contribution in [1.82, 2.24) is 10.2 Å². The molecule has 86 valence electrons. The molecule has 3 amide bonds. The van der Waals surface area contributed by atoms with E-state index in [-0.39, 0.29) is 11.9 Å². The first-order valence-electron chi connectivity index (χ1n) is 5.10. The summed E-state index contributed by atoms with van der Waals surface area (Å²) in [5, 5.41) is 2.32. The first-order chi connectivity index (χ1) is 7.24. The molecule has 3 N–H and O–H groups in total. The molecule has 0 bridgehead atoms. The second-order valence-corrected chi connectivity index (χ2v) is 3.34. The van der Waals surface area contributed by atoms with Crippen molar-refractivity contribution in [3.63, 3.8) is 0 Å². The number of morpholine rings is 1. The number of imide groups is 1. The summed E-state index contributed by atoms with van der Waals surface area (Å²) in [5.41, 5.74) is 5.26. The van der Waals surface area contributed by atoms with Crippen LogP contribution in [0.2, 0.25) is 0 Å². The molecule has 0 aliphatic carbocycles. The van der Waals surface area contributed by atoms with Crippen LogP contribution in [0.5, 0.6) is 0 Å². The third-order valence-electron chi connectivity index (χ3n) is 2.15. The Kier molecular flexibility index (Phi) is 5.06. The molecule has 0 spiro atoms. The topological polar surface area (TPSA) is 84.7 Å². The van der Waals surface area contributed by atoms with Crippen molar-refractivity contribution in [3.05, 3.63) is 0 Å². The molecule has 6 nitrogen and oxygen atoms in total. The normalized spacial score (nSPS) is 16.2. The highest BCUT2D eigenvalue weighted by Crippen LogP contribution is 1.97. The SMILES string of the molecule is NCCCC(=O)NC(=O)N1CCOCC1. The number of nitrogens with one attached hydrogen (secondary N) is 1. The van der Waals surface area contributed by atoms with Gasteiger partial charge in [-0.15, -0.1) is 0 Å². The molecule has 0 radical (unpaired) electrons. The lowest BCUT2D eigenvalue weighted by Gasteiger charge is -2.26. The van der Waals surface area contributed by atoms with Gasteiger partial charge in [0.2, 0.25) is 5.91 Å². The van der Waals surface area contributed by atoms with Gasteiger partial charge in [0.1, 0.15) is 0 Å². The minimum absolute atomic E-state index is 0.267. The molecule has 1 rings (SSSR count). The Hall–Kier alpha value is -1.14. The average molecular weight is 215 g/mol. The standard InChI is InChI=1S/C9H17N3O3/c10-3-1-2-8(13)11-9(14)12-4-6-15-7-5-12/h1-7,10H2,(H,11,13,14). The fourth-order valence-electron chi connectivity index (χ4n) is 1.29. The Morgan fingerprint density at radius 3 is 2.60 bits per heavy atom. The lowest BCUT2D eigenvalue weighted by Crippen LogP contribution is -2.47. The number of carbonyl (C=O) groups is 2. The summed E-state index contributed by atoms with van der Waals surface area (Å²) < 4.78 is 5.10. The van der Waals surface area contributed by atoms with Gasteiger partial charge < -0.3 is 15.4 Å². The summed E-state index contributed by atoms with van der Waals surface area (Å²) in [6.07, 6.45) is 0.898. The van der Waals surface area contributed by atoms with Gasteiger partial charge >= 0.3 is 6.03 Å². The van der Waals surface area contributed by atoms with Crippen molar-refractivity contribution < 1.29 is 14.3 Å². The molecule has 1 aliphatic heterocycles. The number of hydrogen-bond acceptors (Lipinski definition) is 4. The van der Waals surface area contributed by atoms with Gasteiger partial charge in [-0.3, -0.25) is 10.1 Å². The Balaban J connectivity index is 2.24. The number of amides is 3. The summed E-state index contributed by atoms with van der Waals surface area (Å²) >= 11 is 0. The molecule has 0 unspecified atom stereocenters. The molecule has 0 atom stereocenters. The number of nitrogens with zero attached hydrogens (tertiary/aromatic N) is 1. The number of rotatable bonds is 3. The maximum atomic E-state index is 11.5. The van der Waals surface area contributed by atoms with Gasteiger partial charge in [0.25, 0.3) is 0 Å². The van der Waals surface area contributed by atoms with E-state index in [1.807, 2.05) is 0 Å². The molecule has 1 aliphatic rings. The summed E-state index contributed by atoms with van der Waals surface area (Å²) in [6, 6.07) is -0.333. The monoisotopic (exact) mass is 215 g/mol. The quantitative estimate of drug-likeness (QED) is 0.651. The van der Waals surface area contributed by atoms with Gasteiger partial charge in [0.15, 0.2) is 0 Å². The van der Waals surface area contributed by atoms with Gasteiger partial charge in [-0.2, -0.15) is 0 Å². The number of ether oxygens (including phenoxy) is 1. The number of urea groups is 1. The summed E-state index contributed by atoms with van der Waals surface area (Å²) in [4.78, 5) is 24.3. The third kappa shape index (κ3) is 4.26. The second-order valence-electron chi connectivity index (χ2n) is 3.34. The Labute approximate surface area is 88.7 Å². The van der Waals surface area contributed by atoms with E-state index >= 15 is 0 Å². The molecule has 0 aromatic rings. The fraction of sp³-hybridized carbons (Fsp3) is 0.778. The predicted octanol–water partition coefficient (Wildman–Crippen LogP) is -0.706. The first kappa shape index (κ1) is 11.9. The summed E-state index contributed by atoms with van der Waals surface area (Å²) in [6.45, 7) is 2.60. The van der Waals surface area contributed by atoms with Gasteiger partial charge in [-0.1, -0.05) is 0 Å². The number of nitrogens with two attached hydrogens (primary N) is 1. The Morgan fingerprint density at radius 1 is 1.33 bits per heavy atom. The van der Waals surface area contributed by atoms with Crippen molar-refractivity contribution in [2.45, 2.75) is 12.8 Å². The molecule has 0 aromatic heterocycles. The molecule has 1 heterocycles. The van der Waals surface area contributed by atoms with Crippen LogP contribution in [0.3, 0.4) is 0 Å². The van der Waals surface area contributed by atoms with E-state index in [0.717, 1.165) is 0 Å². The van der Waals surface area contributed by atoms with Crippen LogP contribution in [0.1, 0.15) is 12.8 Å². The van der Waals surface area contributed by atoms with Crippen molar-refractivity contribution in [2.75, 3.05) is 32.8 Å². The molecule has 1 fully saturated rings. The van der Waals surface area contributed by atoms with Crippen molar-refractivity contribution in [1.29, 1.82) is 0 Å². The minimum atomic E-state index is -0.333. The van der Waals surface area contributed by atoms with E-state index in [1.54, 1.807) is 4.90 Å². The second kappa shape index (κ2) is 6.36. The third-order valence-corrected chi connectivity index (χ3v) is 2.15. The molecular formula is C9H17N3O3. The van der Waals surface area contributed by atoms with E-state index in [0.29, 0.717) is 45.7 Å². The zero-order chi connectivity index (χ0) is 11.1. The van der Waals surface area contributed by atoms with E-state index in [4.69, 9.17) is 10.5 Å². The minimum Gasteiger partial charge on any atom is -0.378 e. The molecule has 0 saturated carbocycles. The van der Waals surface area contributed by atoms with E-state index in [1.165, 1.54) is 0 Å². The Morgan fingerprint density at radius 2 is 2.00 bits per heavy atom. The van der Waals surface area contributed by atoms with Gasteiger partial charge in [-0.25, -0.2) is 4.79 Å². The van der Waals surface area contributed by atoms with Crippen LogP contribution in [0.4, 0.5) is 4.79 Å². The zero-order valence-corrected chi connectivity index (χ0v) is 8.70. The largest absolute Gasteiger partial charge is 0.378 e. The number of carbonyl (C=O) groups excluding carboxylic acids is 2. The van der Waals surface area contributed by atoms with Gasteiger partial charge in [0, 0.05) is 19.5 Å². The molecule has 15 heavy (non-hydrogen) atoms. The van der Waals surface area contributed by atoms with Crippen LogP contribution in [-0.2, 0) is 9.53 Å². The summed E-state index contributed by atoms with van der Waals surface area (Å²) in [7, 11) is 0. The molecular weight excluding hydrogens is 198 g/mol. The van der Waals surface area contributed by atoms with Crippen LogP contribution >= 0.6 is 0 Å². The first-order valence-corrected chi connectivity index (χ1v) is 5.10. The van der Waals surface area contributed by atoms with E-state index in [9.17, 15) is 9.59 Å². The van der Waals surface area contributed by atoms with E-state index in [2.05, 4.69) is 5.32 Å². The lowest BCUT2D eigenvalue weighted by molar-refractivity contribution is -0.120. The van der Waals surface area contributed by atoms with Crippen LogP contribution in [0.15, 0.2) is 0 Å². The molecule has 6 heteroatoms. The van der Waals surface area contributed by atoms with Gasteiger partial charge in [-0.05, 0) is 13.0 Å². The average Bonchev–Trinajstić information content (AvgIpc) is 2.27.